The summed E-state index contributed by atoms with van der Waals surface area (Å²) < 4.78 is 5.39. The Balaban J connectivity index is 2.44. The number of aliphatic carboxylic acids is 1. The number of methoxy groups -OCH3 is 1. The topological polar surface area (TPSA) is 49.8 Å². The second-order valence-corrected chi connectivity index (χ2v) is 6.89. The van der Waals surface area contributed by atoms with E-state index in [4.69, 9.17) is 16.3 Å². The predicted molar refractivity (Wildman–Crippen MR) is 83.2 cm³/mol. The Bertz CT molecular complexity index is 539. The maximum absolute atomic E-state index is 11.7. The molecule has 0 bridgehead atoms. The molecule has 0 saturated carbocycles. The van der Waals surface area contributed by atoms with Crippen LogP contribution in [-0.4, -0.2) is 41.7 Å². The number of nitrogens with zero attached hydrogens (tertiary/aromatic N) is 1. The van der Waals surface area contributed by atoms with Crippen LogP contribution < -0.4 is 4.74 Å². The van der Waals surface area contributed by atoms with Crippen molar-refractivity contribution in [2.45, 2.75) is 32.2 Å². The van der Waals surface area contributed by atoms with E-state index in [1.807, 2.05) is 12.1 Å². The first-order chi connectivity index (χ1) is 9.75. The van der Waals surface area contributed by atoms with E-state index in [1.54, 1.807) is 13.2 Å². The van der Waals surface area contributed by atoms with Crippen LogP contribution in [0.25, 0.3) is 0 Å². The summed E-state index contributed by atoms with van der Waals surface area (Å²) in [7, 11) is 1.58. The molecular formula is C16H22ClNO3. The number of benzene rings is 1. The zero-order valence-electron chi connectivity index (χ0n) is 12.9. The van der Waals surface area contributed by atoms with Crippen LogP contribution in [0.5, 0.6) is 5.75 Å². The lowest BCUT2D eigenvalue weighted by molar-refractivity contribution is -0.141. The quantitative estimate of drug-likeness (QED) is 0.931. The minimum atomic E-state index is -0.784. The number of ether oxygens (including phenoxy) is 1. The van der Waals surface area contributed by atoms with E-state index in [0.29, 0.717) is 23.9 Å². The minimum absolute atomic E-state index is 0.0725. The molecule has 0 aromatic heterocycles. The van der Waals surface area contributed by atoms with Gasteiger partial charge < -0.3 is 9.84 Å². The lowest BCUT2D eigenvalue weighted by Crippen LogP contribution is -2.40. The molecule has 1 fully saturated rings. The van der Waals surface area contributed by atoms with Gasteiger partial charge >= 0.3 is 5.97 Å². The average molecular weight is 312 g/mol. The van der Waals surface area contributed by atoms with E-state index < -0.39 is 11.9 Å². The van der Waals surface area contributed by atoms with Crippen molar-refractivity contribution in [3.8, 4) is 5.75 Å². The maximum atomic E-state index is 11.7. The molecule has 21 heavy (non-hydrogen) atoms. The molecule has 5 heteroatoms. The van der Waals surface area contributed by atoms with Gasteiger partial charge in [0.15, 0.2) is 0 Å². The summed E-state index contributed by atoms with van der Waals surface area (Å²) in [6.07, 6.45) is 0. The van der Waals surface area contributed by atoms with Crippen LogP contribution >= 0.6 is 11.6 Å². The number of carboxylic acid groups (broad SMARTS) is 1. The molecule has 0 spiro atoms. The van der Waals surface area contributed by atoms with Gasteiger partial charge in [0.25, 0.3) is 0 Å². The summed E-state index contributed by atoms with van der Waals surface area (Å²) in [5.74, 6) is -0.758. The van der Waals surface area contributed by atoms with Gasteiger partial charge in [-0.25, -0.2) is 0 Å². The van der Waals surface area contributed by atoms with Crippen LogP contribution in [0.15, 0.2) is 18.2 Å². The Labute approximate surface area is 130 Å². The summed E-state index contributed by atoms with van der Waals surface area (Å²) >= 11 is 6.33. The molecule has 1 aromatic carbocycles. The van der Waals surface area contributed by atoms with Crippen molar-refractivity contribution in [3.63, 3.8) is 0 Å². The molecule has 2 atom stereocenters. The molecular weight excluding hydrogens is 290 g/mol. The van der Waals surface area contributed by atoms with Crippen molar-refractivity contribution in [3.05, 3.63) is 28.8 Å². The summed E-state index contributed by atoms with van der Waals surface area (Å²) in [5, 5.41) is 10.1. The third kappa shape index (κ3) is 3.16. The van der Waals surface area contributed by atoms with E-state index in [-0.39, 0.29) is 11.5 Å². The van der Waals surface area contributed by atoms with Crippen LogP contribution in [-0.2, 0) is 4.79 Å². The second kappa shape index (κ2) is 5.85. The highest BCUT2D eigenvalue weighted by molar-refractivity contribution is 6.31. The number of carboxylic acids is 1. The fourth-order valence-electron chi connectivity index (χ4n) is 2.95. The van der Waals surface area contributed by atoms with Gasteiger partial charge in [-0.3, -0.25) is 9.69 Å². The van der Waals surface area contributed by atoms with E-state index in [9.17, 15) is 9.90 Å². The van der Waals surface area contributed by atoms with Crippen molar-refractivity contribution < 1.29 is 14.6 Å². The van der Waals surface area contributed by atoms with Crippen molar-refractivity contribution in [1.29, 1.82) is 0 Å². The Morgan fingerprint density at radius 3 is 2.57 bits per heavy atom. The van der Waals surface area contributed by atoms with Gasteiger partial charge in [0.05, 0.1) is 13.0 Å². The predicted octanol–water partition coefficient (Wildman–Crippen LogP) is 3.25. The molecule has 0 aliphatic carbocycles. The van der Waals surface area contributed by atoms with Gasteiger partial charge in [0, 0.05) is 35.1 Å². The number of likely N-dealkylation sites (tertiary alicyclic amines) is 1. The van der Waals surface area contributed by atoms with Gasteiger partial charge in [-0.1, -0.05) is 17.7 Å². The summed E-state index contributed by atoms with van der Waals surface area (Å²) in [5.41, 5.74) is 0.734. The van der Waals surface area contributed by atoms with Crippen LogP contribution in [0.3, 0.4) is 0 Å². The van der Waals surface area contributed by atoms with Gasteiger partial charge in [0.1, 0.15) is 5.75 Å². The molecule has 0 radical (unpaired) electrons. The Kier molecular flexibility index (Phi) is 4.49. The first-order valence-corrected chi connectivity index (χ1v) is 7.43. The third-order valence-electron chi connectivity index (χ3n) is 4.19. The molecule has 116 valence electrons. The van der Waals surface area contributed by atoms with Crippen molar-refractivity contribution in [1.82, 2.24) is 4.90 Å². The van der Waals surface area contributed by atoms with E-state index in [0.717, 1.165) is 5.56 Å². The number of rotatable bonds is 3. The fraction of sp³-hybridized carbons (Fsp3) is 0.562. The van der Waals surface area contributed by atoms with Crippen molar-refractivity contribution in [2.24, 2.45) is 5.92 Å². The molecule has 2 rings (SSSR count). The first-order valence-electron chi connectivity index (χ1n) is 7.06. The van der Waals surface area contributed by atoms with E-state index in [2.05, 4.69) is 25.7 Å². The summed E-state index contributed by atoms with van der Waals surface area (Å²) in [6.45, 7) is 7.48. The lowest BCUT2D eigenvalue weighted by atomic mass is 9.88. The number of halogens is 1. The molecule has 1 aliphatic rings. The average Bonchev–Trinajstić information content (AvgIpc) is 2.83. The van der Waals surface area contributed by atoms with Crippen molar-refractivity contribution in [2.75, 3.05) is 20.2 Å². The molecule has 1 aliphatic heterocycles. The van der Waals surface area contributed by atoms with Gasteiger partial charge in [-0.05, 0) is 32.9 Å². The van der Waals surface area contributed by atoms with E-state index in [1.165, 1.54) is 0 Å². The van der Waals surface area contributed by atoms with Gasteiger partial charge in [-0.15, -0.1) is 0 Å². The third-order valence-corrected chi connectivity index (χ3v) is 4.52. The molecule has 1 saturated heterocycles. The summed E-state index contributed by atoms with van der Waals surface area (Å²) in [6, 6.07) is 5.44. The zero-order chi connectivity index (χ0) is 15.8. The highest BCUT2D eigenvalue weighted by Gasteiger charge is 2.43. The number of hydrogen-bond donors (Lipinski definition) is 1. The molecule has 4 nitrogen and oxygen atoms in total. The standard InChI is InChI=1S/C16H22ClNO3/c1-16(2,3)18-8-10(11(9-18)15(19)20)14-12(17)6-5-7-13(14)21-4/h5-7,10-11H,8-9H2,1-4H3,(H,19,20)/t10-,11-/m0/s1. The highest BCUT2D eigenvalue weighted by atomic mass is 35.5. The lowest BCUT2D eigenvalue weighted by Gasteiger charge is -2.31. The van der Waals surface area contributed by atoms with Gasteiger partial charge in [0.2, 0.25) is 0 Å². The monoisotopic (exact) mass is 311 g/mol. The Morgan fingerprint density at radius 1 is 1.38 bits per heavy atom. The minimum Gasteiger partial charge on any atom is -0.496 e. The van der Waals surface area contributed by atoms with E-state index >= 15 is 0 Å². The van der Waals surface area contributed by atoms with Crippen LogP contribution in [0.2, 0.25) is 5.02 Å². The normalized spacial score (nSPS) is 23.3. The smallest absolute Gasteiger partial charge is 0.308 e. The first kappa shape index (κ1) is 16.1. The van der Waals surface area contributed by atoms with Crippen LogP contribution in [0.1, 0.15) is 32.3 Å². The SMILES string of the molecule is COc1cccc(Cl)c1[C@H]1CN(C(C)(C)C)C[C@@H]1C(=O)O. The Hall–Kier alpha value is -1.26. The molecule has 0 amide bonds. The Morgan fingerprint density at radius 2 is 2.05 bits per heavy atom. The van der Waals surface area contributed by atoms with Crippen molar-refractivity contribution >= 4 is 17.6 Å². The number of carbonyl (C=O) groups is 1. The molecule has 1 heterocycles. The van der Waals surface area contributed by atoms with Gasteiger partial charge in [-0.2, -0.15) is 0 Å². The summed E-state index contributed by atoms with van der Waals surface area (Å²) in [4.78, 5) is 13.9. The molecule has 0 unspecified atom stereocenters. The fourth-order valence-corrected chi connectivity index (χ4v) is 3.26. The van der Waals surface area contributed by atoms with Crippen LogP contribution in [0.4, 0.5) is 0 Å². The zero-order valence-corrected chi connectivity index (χ0v) is 13.6. The molecule has 1 N–H and O–H groups in total. The molecule has 1 aromatic rings. The largest absolute Gasteiger partial charge is 0.496 e. The second-order valence-electron chi connectivity index (χ2n) is 6.48. The highest BCUT2D eigenvalue weighted by Crippen LogP contribution is 2.43. The maximum Gasteiger partial charge on any atom is 0.308 e. The number of hydrogen-bond acceptors (Lipinski definition) is 3. The van der Waals surface area contributed by atoms with Crippen LogP contribution in [0, 0.1) is 5.92 Å².